The van der Waals surface area contributed by atoms with Gasteiger partial charge in [-0.15, -0.1) is 12.3 Å². The largest absolute Gasteiger partial charge is 0.505 e. The van der Waals surface area contributed by atoms with Crippen molar-refractivity contribution in [3.05, 3.63) is 23.5 Å². The number of Topliss-reactive ketones (excluding diaryl/α,β-unsaturated/α-hetero) is 1. The van der Waals surface area contributed by atoms with Gasteiger partial charge in [-0.1, -0.05) is 13.8 Å². The second kappa shape index (κ2) is 6.00. The average molecular weight is 302 g/mol. The van der Waals surface area contributed by atoms with Crippen molar-refractivity contribution in [1.29, 1.82) is 0 Å². The number of allylic oxidation sites excluding steroid dienone is 2. The highest BCUT2D eigenvalue weighted by Gasteiger charge is 2.61. The minimum absolute atomic E-state index is 0.0147. The summed E-state index contributed by atoms with van der Waals surface area (Å²) in [5.41, 5.74) is 1.26. The third-order valence-corrected chi connectivity index (χ3v) is 4.79. The maximum absolute atomic E-state index is 12.4. The normalized spacial score (nSPS) is 29.6. The maximum Gasteiger partial charge on any atom is 0.310 e. The van der Waals surface area contributed by atoms with Crippen LogP contribution in [0.4, 0.5) is 0 Å². The lowest BCUT2D eigenvalue weighted by Gasteiger charge is -2.13. The van der Waals surface area contributed by atoms with E-state index in [1.165, 1.54) is 0 Å². The minimum atomic E-state index is -0.466. The van der Waals surface area contributed by atoms with Crippen LogP contribution in [0.3, 0.4) is 0 Å². The quantitative estimate of drug-likeness (QED) is 0.445. The molecule has 118 valence electrons. The first kappa shape index (κ1) is 16.4. The maximum atomic E-state index is 12.4. The van der Waals surface area contributed by atoms with Crippen LogP contribution in [0.2, 0.25) is 0 Å². The Labute approximate surface area is 131 Å². The fourth-order valence-corrected chi connectivity index (χ4v) is 3.19. The van der Waals surface area contributed by atoms with E-state index in [-0.39, 0.29) is 35.4 Å². The molecule has 0 radical (unpaired) electrons. The van der Waals surface area contributed by atoms with Gasteiger partial charge in [-0.05, 0) is 29.9 Å². The summed E-state index contributed by atoms with van der Waals surface area (Å²) in [5.74, 6) is 2.12. The summed E-state index contributed by atoms with van der Waals surface area (Å²) in [6, 6.07) is 0. The number of hydrogen-bond donors (Lipinski definition) is 0. The lowest BCUT2D eigenvalue weighted by atomic mass is 10.1. The van der Waals surface area contributed by atoms with Crippen molar-refractivity contribution >= 4 is 11.8 Å². The van der Waals surface area contributed by atoms with E-state index in [1.54, 1.807) is 13.4 Å². The number of carbonyl (C=O) groups excluding carboxylic acids is 2. The standard InChI is InChI=1S/C18H22O4/c1-6-7-12-11(2)15(10-14(12)19)22-17(20)16-13(8-9-21-5)18(16,3)4/h1,8-9,13,15-16H,7,10H2,2-5H3/t13-,15?,16+/m1/s1. The molecule has 2 aliphatic carbocycles. The molecule has 3 atom stereocenters. The molecule has 4 nitrogen and oxygen atoms in total. The number of methoxy groups -OCH3 is 1. The Balaban J connectivity index is 2.04. The van der Waals surface area contributed by atoms with Crippen LogP contribution in [0.15, 0.2) is 23.5 Å². The second-order valence-electron chi connectivity index (χ2n) is 6.48. The first-order valence-electron chi connectivity index (χ1n) is 7.40. The fraction of sp³-hybridized carbons (Fsp3) is 0.556. The van der Waals surface area contributed by atoms with Gasteiger partial charge in [0.2, 0.25) is 0 Å². The third-order valence-electron chi connectivity index (χ3n) is 4.79. The molecule has 22 heavy (non-hydrogen) atoms. The monoisotopic (exact) mass is 302 g/mol. The van der Waals surface area contributed by atoms with E-state index in [4.69, 9.17) is 15.9 Å². The highest BCUT2D eigenvalue weighted by atomic mass is 16.5. The zero-order valence-corrected chi connectivity index (χ0v) is 13.5. The highest BCUT2D eigenvalue weighted by Crippen LogP contribution is 2.59. The van der Waals surface area contributed by atoms with Crippen LogP contribution in [0.25, 0.3) is 0 Å². The topological polar surface area (TPSA) is 52.6 Å². The van der Waals surface area contributed by atoms with Crippen molar-refractivity contribution in [3.8, 4) is 12.3 Å². The van der Waals surface area contributed by atoms with Gasteiger partial charge in [0.15, 0.2) is 5.78 Å². The molecule has 2 rings (SSSR count). The molecule has 0 amide bonds. The lowest BCUT2D eigenvalue weighted by Crippen LogP contribution is -2.20. The molecule has 2 aliphatic rings. The summed E-state index contributed by atoms with van der Waals surface area (Å²) in [5, 5.41) is 0. The molecule has 0 aromatic heterocycles. The van der Waals surface area contributed by atoms with Crippen LogP contribution in [-0.4, -0.2) is 25.0 Å². The predicted molar refractivity (Wildman–Crippen MR) is 82.6 cm³/mol. The number of rotatable bonds is 5. The van der Waals surface area contributed by atoms with E-state index in [1.807, 2.05) is 26.8 Å². The molecule has 1 unspecified atom stereocenters. The van der Waals surface area contributed by atoms with Gasteiger partial charge in [-0.25, -0.2) is 0 Å². The summed E-state index contributed by atoms with van der Waals surface area (Å²) in [6.45, 7) is 5.86. The zero-order valence-electron chi connectivity index (χ0n) is 13.5. The summed E-state index contributed by atoms with van der Waals surface area (Å²) in [4.78, 5) is 24.3. The van der Waals surface area contributed by atoms with E-state index in [0.717, 1.165) is 5.57 Å². The smallest absolute Gasteiger partial charge is 0.310 e. The summed E-state index contributed by atoms with van der Waals surface area (Å²) < 4.78 is 10.5. The van der Waals surface area contributed by atoms with Crippen molar-refractivity contribution in [1.82, 2.24) is 0 Å². The first-order chi connectivity index (χ1) is 10.3. The number of ether oxygens (including phenoxy) is 2. The van der Waals surface area contributed by atoms with Gasteiger partial charge < -0.3 is 9.47 Å². The molecule has 0 N–H and O–H groups in total. The lowest BCUT2D eigenvalue weighted by molar-refractivity contribution is -0.150. The van der Waals surface area contributed by atoms with E-state index < -0.39 is 6.10 Å². The molecular weight excluding hydrogens is 280 g/mol. The minimum Gasteiger partial charge on any atom is -0.505 e. The Hall–Kier alpha value is -2.02. The molecule has 1 saturated carbocycles. The Bertz CT molecular complexity index is 589. The second-order valence-corrected chi connectivity index (χ2v) is 6.48. The Morgan fingerprint density at radius 1 is 1.50 bits per heavy atom. The molecular formula is C18H22O4. The van der Waals surface area contributed by atoms with Gasteiger partial charge >= 0.3 is 5.97 Å². The number of ketones is 1. The molecule has 0 aliphatic heterocycles. The van der Waals surface area contributed by atoms with Crippen molar-refractivity contribution < 1.29 is 19.1 Å². The van der Waals surface area contributed by atoms with Crippen molar-refractivity contribution in [2.24, 2.45) is 17.3 Å². The van der Waals surface area contributed by atoms with Crippen molar-refractivity contribution in [3.63, 3.8) is 0 Å². The van der Waals surface area contributed by atoms with E-state index in [2.05, 4.69) is 5.92 Å². The van der Waals surface area contributed by atoms with Gasteiger partial charge in [0, 0.05) is 12.0 Å². The van der Waals surface area contributed by atoms with E-state index >= 15 is 0 Å². The first-order valence-corrected chi connectivity index (χ1v) is 7.40. The Kier molecular flexibility index (Phi) is 4.46. The third kappa shape index (κ3) is 2.81. The fourth-order valence-electron chi connectivity index (χ4n) is 3.19. The molecule has 1 fully saturated rings. The van der Waals surface area contributed by atoms with Crippen LogP contribution in [0, 0.1) is 29.6 Å². The van der Waals surface area contributed by atoms with Gasteiger partial charge in [-0.3, -0.25) is 9.59 Å². The number of carbonyl (C=O) groups is 2. The molecule has 0 bridgehead atoms. The summed E-state index contributed by atoms with van der Waals surface area (Å²) in [6.07, 6.45) is 8.79. The highest BCUT2D eigenvalue weighted by molar-refractivity contribution is 6.00. The van der Waals surface area contributed by atoms with E-state index in [0.29, 0.717) is 12.0 Å². The SMILES string of the molecule is C#CCC1=C(C)C(OC(=O)[C@@H]2[C@@H](C=COC)C2(C)C)CC1=O. The number of terminal acetylenes is 1. The number of hydrogen-bond acceptors (Lipinski definition) is 4. The molecule has 0 aromatic rings. The molecule has 0 spiro atoms. The summed E-state index contributed by atoms with van der Waals surface area (Å²) >= 11 is 0. The van der Waals surface area contributed by atoms with E-state index in [9.17, 15) is 9.59 Å². The van der Waals surface area contributed by atoms with Crippen LogP contribution >= 0.6 is 0 Å². The van der Waals surface area contributed by atoms with Crippen molar-refractivity contribution in [2.75, 3.05) is 7.11 Å². The van der Waals surface area contributed by atoms with Crippen LogP contribution < -0.4 is 0 Å². The summed E-state index contributed by atoms with van der Waals surface area (Å²) in [7, 11) is 1.57. The van der Waals surface area contributed by atoms with Crippen LogP contribution in [0.5, 0.6) is 0 Å². The molecule has 4 heteroatoms. The van der Waals surface area contributed by atoms with Crippen molar-refractivity contribution in [2.45, 2.75) is 39.7 Å². The van der Waals surface area contributed by atoms with Gasteiger partial charge in [0.05, 0.1) is 25.7 Å². The molecule has 0 saturated heterocycles. The zero-order chi connectivity index (χ0) is 16.5. The molecule has 0 heterocycles. The number of esters is 1. The Morgan fingerprint density at radius 2 is 2.18 bits per heavy atom. The van der Waals surface area contributed by atoms with Gasteiger partial charge in [0.25, 0.3) is 0 Å². The Morgan fingerprint density at radius 3 is 2.77 bits per heavy atom. The molecule has 0 aromatic carbocycles. The van der Waals surface area contributed by atoms with Gasteiger partial charge in [-0.2, -0.15) is 0 Å². The average Bonchev–Trinajstić information content (AvgIpc) is 2.91. The predicted octanol–water partition coefficient (Wildman–Crippen LogP) is 2.64. The van der Waals surface area contributed by atoms with Gasteiger partial charge in [0.1, 0.15) is 6.10 Å². The van der Waals surface area contributed by atoms with Crippen LogP contribution in [-0.2, 0) is 19.1 Å². The van der Waals surface area contributed by atoms with Crippen LogP contribution in [0.1, 0.15) is 33.6 Å².